The number of nitrogens with zero attached hydrogens (tertiary/aromatic N) is 1. The molecule has 7 nitrogen and oxygen atoms in total. The molecule has 2 aromatic rings. The van der Waals surface area contributed by atoms with Crippen LogP contribution in [0, 0.1) is 0 Å². The lowest BCUT2D eigenvalue weighted by atomic mass is 10.1. The number of methoxy groups -OCH3 is 1. The first-order chi connectivity index (χ1) is 14.2. The van der Waals surface area contributed by atoms with Crippen LogP contribution in [0.3, 0.4) is 0 Å². The van der Waals surface area contributed by atoms with Gasteiger partial charge in [0, 0.05) is 39.9 Å². The fourth-order valence-electron chi connectivity index (χ4n) is 2.73. The van der Waals surface area contributed by atoms with Gasteiger partial charge in [-0.05, 0) is 41.8 Å². The largest absolute Gasteiger partial charge is 0.491 e. The maximum Gasteiger partial charge on any atom is 0.251 e. The normalized spacial score (nSPS) is 11.1. The van der Waals surface area contributed by atoms with Crippen LogP contribution in [0.4, 0.5) is 0 Å². The monoisotopic (exact) mass is 398 g/mol. The minimum atomic E-state index is -0.0780. The molecule has 7 heteroatoms. The van der Waals surface area contributed by atoms with Gasteiger partial charge in [-0.2, -0.15) is 0 Å². The quantitative estimate of drug-likeness (QED) is 0.324. The molecule has 0 spiro atoms. The van der Waals surface area contributed by atoms with Gasteiger partial charge in [0.15, 0.2) is 5.96 Å². The average Bonchev–Trinajstić information content (AvgIpc) is 2.76. The van der Waals surface area contributed by atoms with Crippen molar-refractivity contribution in [3.05, 3.63) is 65.2 Å². The average molecular weight is 399 g/mol. The van der Waals surface area contributed by atoms with Crippen LogP contribution in [0.25, 0.3) is 0 Å². The lowest BCUT2D eigenvalue weighted by Gasteiger charge is -2.13. The van der Waals surface area contributed by atoms with Crippen molar-refractivity contribution in [2.24, 2.45) is 4.99 Å². The third-order valence-electron chi connectivity index (χ3n) is 4.26. The molecule has 2 rings (SSSR count). The van der Waals surface area contributed by atoms with Gasteiger partial charge in [-0.3, -0.25) is 9.79 Å². The fourth-order valence-corrected chi connectivity index (χ4v) is 2.73. The zero-order valence-electron chi connectivity index (χ0n) is 17.3. The van der Waals surface area contributed by atoms with Crippen LogP contribution in [0.2, 0.25) is 0 Å². The van der Waals surface area contributed by atoms with Crippen molar-refractivity contribution in [2.45, 2.75) is 13.0 Å². The van der Waals surface area contributed by atoms with Crippen molar-refractivity contribution in [3.63, 3.8) is 0 Å². The Morgan fingerprint density at radius 2 is 1.83 bits per heavy atom. The van der Waals surface area contributed by atoms with E-state index in [2.05, 4.69) is 20.9 Å². The number of hydrogen-bond acceptors (Lipinski definition) is 4. The minimum absolute atomic E-state index is 0.0780. The first-order valence-corrected chi connectivity index (χ1v) is 9.62. The van der Waals surface area contributed by atoms with Gasteiger partial charge in [-0.25, -0.2) is 0 Å². The molecule has 2 aromatic carbocycles. The molecule has 0 atom stereocenters. The molecular weight excluding hydrogens is 368 g/mol. The molecule has 0 unspecified atom stereocenters. The molecule has 0 fully saturated rings. The Kier molecular flexibility index (Phi) is 9.51. The maximum absolute atomic E-state index is 11.7. The molecule has 0 aromatic heterocycles. The third-order valence-corrected chi connectivity index (χ3v) is 4.26. The van der Waals surface area contributed by atoms with Crippen molar-refractivity contribution < 1.29 is 14.3 Å². The van der Waals surface area contributed by atoms with E-state index >= 15 is 0 Å². The van der Waals surface area contributed by atoms with Crippen LogP contribution in [0.15, 0.2) is 53.5 Å². The van der Waals surface area contributed by atoms with Crippen molar-refractivity contribution >= 4 is 11.9 Å². The Balaban J connectivity index is 1.80. The molecule has 0 saturated heterocycles. The molecule has 0 aliphatic heterocycles. The smallest absolute Gasteiger partial charge is 0.251 e. The van der Waals surface area contributed by atoms with Crippen LogP contribution in [-0.4, -0.2) is 52.8 Å². The number of carbonyl (C=O) groups excluding carboxylic acids is 1. The van der Waals surface area contributed by atoms with E-state index in [1.807, 2.05) is 48.5 Å². The Bertz CT molecular complexity index is 808. The topological polar surface area (TPSA) is 84.0 Å². The van der Waals surface area contributed by atoms with Crippen LogP contribution in [0.5, 0.6) is 5.75 Å². The zero-order chi connectivity index (χ0) is 20.9. The number of carbonyl (C=O) groups is 1. The number of ether oxygens (including phenoxy) is 2. The second-order valence-corrected chi connectivity index (χ2v) is 6.37. The second kappa shape index (κ2) is 12.4. The van der Waals surface area contributed by atoms with Crippen molar-refractivity contribution in [1.29, 1.82) is 0 Å². The number of hydrogen-bond donors (Lipinski definition) is 3. The molecule has 0 heterocycles. The summed E-state index contributed by atoms with van der Waals surface area (Å²) < 4.78 is 10.6. The summed E-state index contributed by atoms with van der Waals surface area (Å²) in [4.78, 5) is 16.0. The van der Waals surface area contributed by atoms with Crippen LogP contribution in [0.1, 0.15) is 21.5 Å². The summed E-state index contributed by atoms with van der Waals surface area (Å²) in [5, 5.41) is 9.24. The number of nitrogens with one attached hydrogen (secondary N) is 3. The Labute approximate surface area is 172 Å². The molecular formula is C22H30N4O3. The lowest BCUT2D eigenvalue weighted by molar-refractivity contribution is 0.0963. The highest BCUT2D eigenvalue weighted by molar-refractivity contribution is 5.94. The van der Waals surface area contributed by atoms with E-state index in [0.717, 1.165) is 29.3 Å². The van der Waals surface area contributed by atoms with Gasteiger partial charge < -0.3 is 25.4 Å². The van der Waals surface area contributed by atoms with Crippen molar-refractivity contribution in [3.8, 4) is 5.75 Å². The first-order valence-electron chi connectivity index (χ1n) is 9.62. The molecule has 0 saturated carbocycles. The Morgan fingerprint density at radius 3 is 2.59 bits per heavy atom. The molecule has 0 aliphatic rings. The fraction of sp³-hybridized carbons (Fsp3) is 0.364. The highest BCUT2D eigenvalue weighted by atomic mass is 16.5. The van der Waals surface area contributed by atoms with E-state index in [4.69, 9.17) is 9.47 Å². The zero-order valence-corrected chi connectivity index (χ0v) is 17.3. The molecule has 29 heavy (non-hydrogen) atoms. The minimum Gasteiger partial charge on any atom is -0.491 e. The number of aliphatic imine (C=N–C) groups is 1. The highest BCUT2D eigenvalue weighted by Crippen LogP contribution is 2.13. The number of amides is 1. The van der Waals surface area contributed by atoms with Gasteiger partial charge in [0.1, 0.15) is 12.4 Å². The summed E-state index contributed by atoms with van der Waals surface area (Å²) in [7, 11) is 5.03. The van der Waals surface area contributed by atoms with E-state index in [9.17, 15) is 4.79 Å². The summed E-state index contributed by atoms with van der Waals surface area (Å²) in [6.45, 7) is 2.42. The van der Waals surface area contributed by atoms with Gasteiger partial charge in [-0.1, -0.05) is 24.3 Å². The molecule has 0 aliphatic carbocycles. The Morgan fingerprint density at radius 1 is 1.03 bits per heavy atom. The third kappa shape index (κ3) is 7.83. The highest BCUT2D eigenvalue weighted by Gasteiger charge is 2.04. The van der Waals surface area contributed by atoms with Crippen LogP contribution < -0.4 is 20.7 Å². The van der Waals surface area contributed by atoms with Crippen LogP contribution in [-0.2, 0) is 17.7 Å². The van der Waals surface area contributed by atoms with Crippen LogP contribution >= 0.6 is 0 Å². The predicted octanol–water partition coefficient (Wildman–Crippen LogP) is 1.98. The Hall–Kier alpha value is -3.06. The summed E-state index contributed by atoms with van der Waals surface area (Å²) in [6.07, 6.45) is 0.786. The molecule has 1 amide bonds. The lowest BCUT2D eigenvalue weighted by Crippen LogP contribution is -2.37. The summed E-state index contributed by atoms with van der Waals surface area (Å²) in [6, 6.07) is 15.6. The van der Waals surface area contributed by atoms with Gasteiger partial charge in [0.25, 0.3) is 5.91 Å². The standard InChI is InChI=1S/C22H30N4O3/c1-23-21(27)19-8-4-6-17(14-19)10-11-25-22(24-2)26-16-18-7-5-9-20(15-18)29-13-12-28-3/h4-9,14-15H,10-13,16H2,1-3H3,(H,23,27)(H2,24,25,26). The first kappa shape index (κ1) is 22.2. The molecule has 156 valence electrons. The summed E-state index contributed by atoms with van der Waals surface area (Å²) in [5.41, 5.74) is 2.86. The van der Waals surface area contributed by atoms with Gasteiger partial charge in [0.2, 0.25) is 0 Å². The van der Waals surface area contributed by atoms with E-state index in [1.54, 1.807) is 21.2 Å². The van der Waals surface area contributed by atoms with E-state index in [0.29, 0.717) is 31.9 Å². The summed E-state index contributed by atoms with van der Waals surface area (Å²) in [5.74, 6) is 1.46. The maximum atomic E-state index is 11.7. The second-order valence-electron chi connectivity index (χ2n) is 6.37. The number of rotatable bonds is 10. The van der Waals surface area contributed by atoms with E-state index in [1.165, 1.54) is 0 Å². The van der Waals surface area contributed by atoms with Gasteiger partial charge in [0.05, 0.1) is 6.61 Å². The summed E-state index contributed by atoms with van der Waals surface area (Å²) >= 11 is 0. The molecule has 0 bridgehead atoms. The van der Waals surface area contributed by atoms with Gasteiger partial charge >= 0.3 is 0 Å². The SMILES string of the molecule is CN=C(NCCc1cccc(C(=O)NC)c1)NCc1cccc(OCCOC)c1. The van der Waals surface area contributed by atoms with E-state index in [-0.39, 0.29) is 5.91 Å². The van der Waals surface area contributed by atoms with Crippen molar-refractivity contribution in [1.82, 2.24) is 16.0 Å². The van der Waals surface area contributed by atoms with E-state index < -0.39 is 0 Å². The predicted molar refractivity (Wildman–Crippen MR) is 116 cm³/mol. The number of benzene rings is 2. The van der Waals surface area contributed by atoms with Crippen molar-refractivity contribution in [2.75, 3.05) is 41.0 Å². The molecule has 0 radical (unpaired) electrons. The number of guanidine groups is 1. The van der Waals surface area contributed by atoms with Gasteiger partial charge in [-0.15, -0.1) is 0 Å². The molecule has 3 N–H and O–H groups in total.